The van der Waals surface area contributed by atoms with Crippen LogP contribution in [0, 0.1) is 17.1 Å². The van der Waals surface area contributed by atoms with Gasteiger partial charge in [0.15, 0.2) is 0 Å². The summed E-state index contributed by atoms with van der Waals surface area (Å²) in [5.74, 6) is -1.12. The first-order chi connectivity index (χ1) is 9.10. The van der Waals surface area contributed by atoms with E-state index in [2.05, 4.69) is 26.2 Å². The Hall–Kier alpha value is -2.26. The van der Waals surface area contributed by atoms with Gasteiger partial charge in [-0.3, -0.25) is 4.79 Å². The van der Waals surface area contributed by atoms with E-state index in [0.717, 1.165) is 0 Å². The molecule has 0 aliphatic heterocycles. The Balaban J connectivity index is 2.26. The number of nitriles is 1. The van der Waals surface area contributed by atoms with Crippen LogP contribution >= 0.6 is 15.9 Å². The van der Waals surface area contributed by atoms with Crippen molar-refractivity contribution in [2.45, 2.75) is 0 Å². The van der Waals surface area contributed by atoms with E-state index >= 15 is 0 Å². The third kappa shape index (κ3) is 3.14. The van der Waals surface area contributed by atoms with Crippen LogP contribution in [0.4, 0.5) is 10.1 Å². The van der Waals surface area contributed by atoms with Crippen molar-refractivity contribution < 1.29 is 9.18 Å². The van der Waals surface area contributed by atoms with E-state index in [1.807, 2.05) is 6.07 Å². The second kappa shape index (κ2) is 5.59. The van der Waals surface area contributed by atoms with Crippen LogP contribution < -0.4 is 5.32 Å². The minimum atomic E-state index is -0.575. The third-order valence-corrected chi connectivity index (χ3v) is 2.77. The lowest BCUT2D eigenvalue weighted by Crippen LogP contribution is -2.15. The van der Waals surface area contributed by atoms with E-state index in [1.165, 1.54) is 36.4 Å². The van der Waals surface area contributed by atoms with Crippen molar-refractivity contribution in [3.8, 4) is 6.07 Å². The molecule has 0 atom stereocenters. The van der Waals surface area contributed by atoms with Gasteiger partial charge in [0, 0.05) is 4.47 Å². The molecule has 1 N–H and O–H groups in total. The maximum atomic E-state index is 13.5. The molecule has 1 heterocycles. The van der Waals surface area contributed by atoms with Gasteiger partial charge in [-0.1, -0.05) is 22.0 Å². The molecule has 1 aromatic heterocycles. The molecule has 0 fully saturated rings. The molecule has 0 saturated heterocycles. The summed E-state index contributed by atoms with van der Waals surface area (Å²) < 4.78 is 14.1. The summed E-state index contributed by atoms with van der Waals surface area (Å²) in [5, 5.41) is 11.1. The Kier molecular flexibility index (Phi) is 3.88. The van der Waals surface area contributed by atoms with Crippen LogP contribution in [0.3, 0.4) is 0 Å². The summed E-state index contributed by atoms with van der Waals surface area (Å²) in [7, 11) is 0. The molecule has 1 amide bonds. The number of hydrogen-bond acceptors (Lipinski definition) is 3. The van der Waals surface area contributed by atoms with Gasteiger partial charge in [0.1, 0.15) is 23.3 Å². The number of pyridine rings is 1. The number of nitrogens with one attached hydrogen (secondary N) is 1. The monoisotopic (exact) mass is 319 g/mol. The van der Waals surface area contributed by atoms with Gasteiger partial charge in [0.05, 0.1) is 5.69 Å². The molecule has 94 valence electrons. The number of aromatic nitrogens is 1. The quantitative estimate of drug-likeness (QED) is 0.924. The highest BCUT2D eigenvalue weighted by molar-refractivity contribution is 9.10. The number of rotatable bonds is 2. The number of hydrogen-bond donors (Lipinski definition) is 1. The Morgan fingerprint density at radius 3 is 2.89 bits per heavy atom. The maximum absolute atomic E-state index is 13.5. The molecule has 0 bridgehead atoms. The van der Waals surface area contributed by atoms with E-state index in [4.69, 9.17) is 5.26 Å². The number of amides is 1. The number of halogens is 2. The average molecular weight is 320 g/mol. The number of benzene rings is 1. The highest BCUT2D eigenvalue weighted by atomic mass is 79.9. The summed E-state index contributed by atoms with van der Waals surface area (Å²) in [4.78, 5) is 15.7. The number of nitrogens with zero attached hydrogens (tertiary/aromatic N) is 2. The lowest BCUT2D eigenvalue weighted by molar-refractivity contribution is 0.102. The van der Waals surface area contributed by atoms with Gasteiger partial charge in [-0.15, -0.1) is 0 Å². The molecule has 0 radical (unpaired) electrons. The van der Waals surface area contributed by atoms with Gasteiger partial charge in [0.25, 0.3) is 5.91 Å². The zero-order valence-electron chi connectivity index (χ0n) is 9.52. The van der Waals surface area contributed by atoms with E-state index in [0.29, 0.717) is 4.47 Å². The fourth-order valence-corrected chi connectivity index (χ4v) is 1.76. The van der Waals surface area contributed by atoms with Gasteiger partial charge in [-0.2, -0.15) is 5.26 Å². The first-order valence-corrected chi connectivity index (χ1v) is 6.03. The molecule has 2 rings (SSSR count). The second-order valence-electron chi connectivity index (χ2n) is 3.60. The molecule has 0 aliphatic rings. The van der Waals surface area contributed by atoms with Gasteiger partial charge in [0.2, 0.25) is 0 Å². The van der Waals surface area contributed by atoms with E-state index in [9.17, 15) is 9.18 Å². The predicted molar refractivity (Wildman–Crippen MR) is 71.0 cm³/mol. The Morgan fingerprint density at radius 1 is 1.37 bits per heavy atom. The van der Waals surface area contributed by atoms with Gasteiger partial charge in [-0.05, 0) is 30.3 Å². The van der Waals surface area contributed by atoms with Crippen LogP contribution in [0.5, 0.6) is 0 Å². The lowest BCUT2D eigenvalue weighted by Gasteiger charge is -2.06. The molecule has 0 spiro atoms. The third-order valence-electron chi connectivity index (χ3n) is 2.27. The number of carbonyl (C=O) groups is 1. The van der Waals surface area contributed by atoms with Crippen LogP contribution in [-0.2, 0) is 0 Å². The van der Waals surface area contributed by atoms with E-state index in [-0.39, 0.29) is 17.1 Å². The topological polar surface area (TPSA) is 65.8 Å². The maximum Gasteiger partial charge on any atom is 0.274 e. The summed E-state index contributed by atoms with van der Waals surface area (Å²) in [6.07, 6.45) is 0. The van der Waals surface area contributed by atoms with Crippen LogP contribution in [0.2, 0.25) is 0 Å². The van der Waals surface area contributed by atoms with Crippen molar-refractivity contribution in [1.29, 1.82) is 5.26 Å². The smallest absolute Gasteiger partial charge is 0.274 e. The SMILES string of the molecule is N#Cc1cccc(C(=O)Nc2cc(Br)ccc2F)n1. The van der Waals surface area contributed by atoms with Crippen LogP contribution in [0.15, 0.2) is 40.9 Å². The average Bonchev–Trinajstić information content (AvgIpc) is 2.43. The van der Waals surface area contributed by atoms with Crippen molar-refractivity contribution in [3.05, 3.63) is 58.1 Å². The number of anilines is 1. The van der Waals surface area contributed by atoms with Crippen molar-refractivity contribution >= 4 is 27.5 Å². The normalized spacial score (nSPS) is 9.74. The van der Waals surface area contributed by atoms with Crippen molar-refractivity contribution in [2.75, 3.05) is 5.32 Å². The molecule has 4 nitrogen and oxygen atoms in total. The minimum Gasteiger partial charge on any atom is -0.318 e. The highest BCUT2D eigenvalue weighted by Crippen LogP contribution is 2.20. The molecule has 6 heteroatoms. The minimum absolute atomic E-state index is 0.0449. The largest absolute Gasteiger partial charge is 0.318 e. The fraction of sp³-hybridized carbons (Fsp3) is 0. The predicted octanol–water partition coefficient (Wildman–Crippen LogP) is 3.11. The molecule has 19 heavy (non-hydrogen) atoms. The zero-order valence-corrected chi connectivity index (χ0v) is 11.1. The van der Waals surface area contributed by atoms with Gasteiger partial charge < -0.3 is 5.32 Å². The summed E-state index contributed by atoms with van der Waals surface area (Å²) in [6, 6.07) is 10.5. The highest BCUT2D eigenvalue weighted by Gasteiger charge is 2.11. The lowest BCUT2D eigenvalue weighted by atomic mass is 10.2. The first kappa shape index (κ1) is 13.2. The van der Waals surface area contributed by atoms with E-state index in [1.54, 1.807) is 0 Å². The summed E-state index contributed by atoms with van der Waals surface area (Å²) in [6.45, 7) is 0. The summed E-state index contributed by atoms with van der Waals surface area (Å²) >= 11 is 3.19. The van der Waals surface area contributed by atoms with Crippen molar-refractivity contribution in [2.24, 2.45) is 0 Å². The second-order valence-corrected chi connectivity index (χ2v) is 4.51. The van der Waals surface area contributed by atoms with Crippen molar-refractivity contribution in [1.82, 2.24) is 4.98 Å². The van der Waals surface area contributed by atoms with Gasteiger partial charge in [-0.25, -0.2) is 9.37 Å². The summed E-state index contributed by atoms with van der Waals surface area (Å²) in [5.41, 5.74) is 0.226. The van der Waals surface area contributed by atoms with Crippen LogP contribution in [0.25, 0.3) is 0 Å². The molecular weight excluding hydrogens is 313 g/mol. The van der Waals surface area contributed by atoms with Crippen LogP contribution in [-0.4, -0.2) is 10.9 Å². The molecule has 0 saturated carbocycles. The first-order valence-electron chi connectivity index (χ1n) is 5.23. The standard InChI is InChI=1S/C13H7BrFN3O/c14-8-4-5-10(15)12(6-8)18-13(19)11-3-1-2-9(7-16)17-11/h1-6H,(H,18,19). The Bertz CT molecular complexity index is 682. The van der Waals surface area contributed by atoms with Crippen molar-refractivity contribution in [3.63, 3.8) is 0 Å². The molecule has 0 unspecified atom stereocenters. The molecule has 0 aliphatic carbocycles. The molecule has 1 aromatic carbocycles. The Labute approximate surface area is 117 Å². The number of carbonyl (C=O) groups excluding carboxylic acids is 1. The van der Waals surface area contributed by atoms with E-state index < -0.39 is 11.7 Å². The molecule has 2 aromatic rings. The zero-order chi connectivity index (χ0) is 13.8. The fourth-order valence-electron chi connectivity index (χ4n) is 1.40. The Morgan fingerprint density at radius 2 is 2.16 bits per heavy atom. The molecular formula is C13H7BrFN3O. The van der Waals surface area contributed by atoms with Gasteiger partial charge >= 0.3 is 0 Å². The van der Waals surface area contributed by atoms with Crippen LogP contribution in [0.1, 0.15) is 16.2 Å².